The molecule has 7 heteroatoms. The lowest BCUT2D eigenvalue weighted by atomic mass is 9.99. The number of piperidine rings is 1. The fourth-order valence-electron chi connectivity index (χ4n) is 3.99. The van der Waals surface area contributed by atoms with Crippen LogP contribution >= 0.6 is 0 Å². The molecule has 7 nitrogen and oxygen atoms in total. The second-order valence-corrected chi connectivity index (χ2v) is 7.60. The molecule has 0 bridgehead atoms. The van der Waals surface area contributed by atoms with Crippen LogP contribution in [0.3, 0.4) is 0 Å². The van der Waals surface area contributed by atoms with Gasteiger partial charge in [0.25, 0.3) is 0 Å². The number of fused-ring (bicyclic) bond motifs is 1. The summed E-state index contributed by atoms with van der Waals surface area (Å²) in [7, 11) is 0. The van der Waals surface area contributed by atoms with Crippen LogP contribution in [-0.2, 0) is 6.54 Å². The first kappa shape index (κ1) is 16.7. The maximum absolute atomic E-state index is 10.5. The molecule has 2 aromatic rings. The van der Waals surface area contributed by atoms with Crippen LogP contribution in [0.1, 0.15) is 32.6 Å². The third-order valence-electron chi connectivity index (χ3n) is 5.54. The number of aliphatic hydroxyl groups excluding tert-OH is 1. The Morgan fingerprint density at radius 2 is 1.84 bits per heavy atom. The second-order valence-electron chi connectivity index (χ2n) is 7.60. The van der Waals surface area contributed by atoms with Crippen LogP contribution in [0.15, 0.2) is 12.7 Å². The summed E-state index contributed by atoms with van der Waals surface area (Å²) in [6.07, 6.45) is 7.88. The summed E-state index contributed by atoms with van der Waals surface area (Å²) >= 11 is 0. The predicted octanol–water partition coefficient (Wildman–Crippen LogP) is 1.52. The van der Waals surface area contributed by atoms with Gasteiger partial charge in [0.2, 0.25) is 0 Å². The van der Waals surface area contributed by atoms with E-state index in [1.807, 2.05) is 4.57 Å². The summed E-state index contributed by atoms with van der Waals surface area (Å²) in [6.45, 7) is 7.80. The zero-order valence-electron chi connectivity index (χ0n) is 15.0. The first-order chi connectivity index (χ1) is 12.2. The Hall–Kier alpha value is -1.73. The van der Waals surface area contributed by atoms with Gasteiger partial charge < -0.3 is 19.5 Å². The van der Waals surface area contributed by atoms with Crippen LogP contribution < -0.4 is 4.90 Å². The fraction of sp³-hybridized carbons (Fsp3) is 0.722. The van der Waals surface area contributed by atoms with Gasteiger partial charge in [-0.1, -0.05) is 6.92 Å². The minimum atomic E-state index is -0.406. The highest BCUT2D eigenvalue weighted by Crippen LogP contribution is 2.25. The Balaban J connectivity index is 1.45. The molecule has 0 spiro atoms. The Kier molecular flexibility index (Phi) is 4.85. The molecule has 0 saturated carbocycles. The lowest BCUT2D eigenvalue weighted by molar-refractivity contribution is 0.0808. The van der Waals surface area contributed by atoms with Crippen molar-refractivity contribution in [3.63, 3.8) is 0 Å². The zero-order valence-corrected chi connectivity index (χ0v) is 15.0. The minimum Gasteiger partial charge on any atom is -0.390 e. The summed E-state index contributed by atoms with van der Waals surface area (Å²) in [5, 5.41) is 10.5. The molecule has 25 heavy (non-hydrogen) atoms. The standard InChI is InChI=1S/C18H28N6O/c1-14-4-8-22(9-5-14)10-15(25)11-24-13-21-16-17(19-12-20-18(16)24)23-6-2-3-7-23/h12-15,25H,2-11H2,1H3. The maximum atomic E-state index is 10.5. The molecular weight excluding hydrogens is 316 g/mol. The molecule has 136 valence electrons. The van der Waals surface area contributed by atoms with Gasteiger partial charge in [-0.3, -0.25) is 0 Å². The van der Waals surface area contributed by atoms with Crippen molar-refractivity contribution in [1.29, 1.82) is 0 Å². The summed E-state index contributed by atoms with van der Waals surface area (Å²) in [5.74, 6) is 1.74. The molecule has 0 aliphatic carbocycles. The third kappa shape index (κ3) is 3.62. The summed E-state index contributed by atoms with van der Waals surface area (Å²) < 4.78 is 1.97. The van der Waals surface area contributed by atoms with Crippen molar-refractivity contribution in [2.45, 2.75) is 45.3 Å². The molecule has 0 amide bonds. The molecule has 2 aromatic heterocycles. The predicted molar refractivity (Wildman–Crippen MR) is 97.6 cm³/mol. The van der Waals surface area contributed by atoms with E-state index < -0.39 is 6.10 Å². The zero-order chi connectivity index (χ0) is 17.2. The number of β-amino-alcohol motifs (C(OH)–C–C–N with tert-alkyl or cyclic N) is 1. The van der Waals surface area contributed by atoms with Gasteiger partial charge in [0.05, 0.1) is 19.0 Å². The first-order valence-electron chi connectivity index (χ1n) is 9.52. The van der Waals surface area contributed by atoms with Crippen LogP contribution in [0.25, 0.3) is 11.2 Å². The van der Waals surface area contributed by atoms with Crippen molar-refractivity contribution in [3.05, 3.63) is 12.7 Å². The van der Waals surface area contributed by atoms with Crippen molar-refractivity contribution < 1.29 is 5.11 Å². The van der Waals surface area contributed by atoms with Crippen LogP contribution in [0.4, 0.5) is 5.82 Å². The molecule has 4 rings (SSSR count). The topological polar surface area (TPSA) is 70.3 Å². The van der Waals surface area contributed by atoms with Gasteiger partial charge in [0.15, 0.2) is 17.0 Å². The minimum absolute atomic E-state index is 0.406. The highest BCUT2D eigenvalue weighted by Gasteiger charge is 2.21. The average Bonchev–Trinajstić information content (AvgIpc) is 3.27. The lowest BCUT2D eigenvalue weighted by Crippen LogP contribution is -2.39. The van der Waals surface area contributed by atoms with Crippen LogP contribution in [0.2, 0.25) is 0 Å². The molecular formula is C18H28N6O. The van der Waals surface area contributed by atoms with E-state index in [0.717, 1.165) is 55.6 Å². The largest absolute Gasteiger partial charge is 0.390 e. The van der Waals surface area contributed by atoms with Gasteiger partial charge in [-0.25, -0.2) is 15.0 Å². The first-order valence-corrected chi connectivity index (χ1v) is 9.52. The fourth-order valence-corrected chi connectivity index (χ4v) is 3.99. The van der Waals surface area contributed by atoms with E-state index in [4.69, 9.17) is 0 Å². The molecule has 1 unspecified atom stereocenters. The number of rotatable bonds is 5. The van der Waals surface area contributed by atoms with Gasteiger partial charge in [-0.2, -0.15) is 0 Å². The number of aromatic nitrogens is 4. The van der Waals surface area contributed by atoms with E-state index >= 15 is 0 Å². The van der Waals surface area contributed by atoms with Crippen LogP contribution in [0, 0.1) is 5.92 Å². The van der Waals surface area contributed by atoms with Gasteiger partial charge in [-0.15, -0.1) is 0 Å². The van der Waals surface area contributed by atoms with Crippen molar-refractivity contribution in [1.82, 2.24) is 24.4 Å². The van der Waals surface area contributed by atoms with E-state index in [1.54, 1.807) is 12.7 Å². The van der Waals surface area contributed by atoms with E-state index in [9.17, 15) is 5.11 Å². The van der Waals surface area contributed by atoms with Crippen molar-refractivity contribution in [2.75, 3.05) is 37.6 Å². The highest BCUT2D eigenvalue weighted by atomic mass is 16.3. The third-order valence-corrected chi connectivity index (χ3v) is 5.54. The summed E-state index contributed by atoms with van der Waals surface area (Å²) in [6, 6.07) is 0. The number of hydrogen-bond donors (Lipinski definition) is 1. The van der Waals surface area contributed by atoms with Crippen LogP contribution in [-0.4, -0.2) is 68.4 Å². The molecule has 1 N–H and O–H groups in total. The molecule has 0 radical (unpaired) electrons. The van der Waals surface area contributed by atoms with E-state index in [0.29, 0.717) is 6.54 Å². The normalized spacial score (nSPS) is 21.3. The number of aliphatic hydroxyl groups is 1. The molecule has 0 aromatic carbocycles. The lowest BCUT2D eigenvalue weighted by Gasteiger charge is -2.31. The SMILES string of the molecule is CC1CCN(CC(O)Cn2cnc3c(N4CCCC4)ncnc32)CC1. The number of likely N-dealkylation sites (tertiary alicyclic amines) is 1. The molecule has 2 saturated heterocycles. The van der Waals surface area contributed by atoms with Crippen LogP contribution in [0.5, 0.6) is 0 Å². The molecule has 4 heterocycles. The maximum Gasteiger partial charge on any atom is 0.165 e. The monoisotopic (exact) mass is 344 g/mol. The average molecular weight is 344 g/mol. The van der Waals surface area contributed by atoms with Gasteiger partial charge in [0.1, 0.15) is 6.33 Å². The summed E-state index contributed by atoms with van der Waals surface area (Å²) in [4.78, 5) is 18.1. The molecule has 2 fully saturated rings. The molecule has 2 aliphatic rings. The quantitative estimate of drug-likeness (QED) is 0.887. The van der Waals surface area contributed by atoms with Crippen molar-refractivity contribution in [2.24, 2.45) is 5.92 Å². The van der Waals surface area contributed by atoms with Gasteiger partial charge in [-0.05, 0) is 44.7 Å². The Bertz CT molecular complexity index is 703. The van der Waals surface area contributed by atoms with E-state index in [1.165, 1.54) is 25.7 Å². The van der Waals surface area contributed by atoms with Gasteiger partial charge >= 0.3 is 0 Å². The smallest absolute Gasteiger partial charge is 0.165 e. The Morgan fingerprint density at radius 1 is 1.08 bits per heavy atom. The van der Waals surface area contributed by atoms with E-state index in [2.05, 4.69) is 31.7 Å². The number of imidazole rings is 1. The second kappa shape index (κ2) is 7.25. The highest BCUT2D eigenvalue weighted by molar-refractivity contribution is 5.83. The summed E-state index contributed by atoms with van der Waals surface area (Å²) in [5.41, 5.74) is 1.67. The molecule has 2 aliphatic heterocycles. The van der Waals surface area contributed by atoms with Crippen molar-refractivity contribution in [3.8, 4) is 0 Å². The Morgan fingerprint density at radius 3 is 2.60 bits per heavy atom. The van der Waals surface area contributed by atoms with E-state index in [-0.39, 0.29) is 0 Å². The number of hydrogen-bond acceptors (Lipinski definition) is 6. The Labute approximate surface area is 148 Å². The number of anilines is 1. The number of nitrogens with zero attached hydrogens (tertiary/aromatic N) is 6. The van der Waals surface area contributed by atoms with Gasteiger partial charge in [0, 0.05) is 19.6 Å². The molecule has 1 atom stereocenters. The van der Waals surface area contributed by atoms with Crippen molar-refractivity contribution >= 4 is 17.0 Å².